The van der Waals surface area contributed by atoms with E-state index in [0.717, 1.165) is 83.8 Å². The van der Waals surface area contributed by atoms with E-state index in [0.29, 0.717) is 5.84 Å². The van der Waals surface area contributed by atoms with Gasteiger partial charge in [0.2, 0.25) is 0 Å². The van der Waals surface area contributed by atoms with Crippen LogP contribution in [-0.2, 0) is 0 Å². The molecule has 0 bridgehead atoms. The van der Waals surface area contributed by atoms with Gasteiger partial charge in [0.1, 0.15) is 22.3 Å². The van der Waals surface area contributed by atoms with Gasteiger partial charge in [0.15, 0.2) is 5.84 Å². The van der Waals surface area contributed by atoms with Crippen molar-refractivity contribution in [2.45, 2.75) is 19.4 Å². The van der Waals surface area contributed by atoms with Crippen LogP contribution < -0.4 is 0 Å². The largest absolute Gasteiger partial charge is 0.456 e. The maximum Gasteiger partial charge on any atom is 0.156 e. The smallest absolute Gasteiger partial charge is 0.156 e. The SMILES string of the molecule is CCC1C(c2cccc3ccccc23)=NC(c2cc3oc4ccccc4c3cc2-c2cc3cc4ccccc4cc3c3cc4ccccc4cc23)=NC1c1ccc2oc3ccccc3c2c1. The molecule has 1 aliphatic rings. The molecular formula is C62H40N2O2. The predicted molar refractivity (Wildman–Crippen MR) is 276 cm³/mol. The molecule has 11 aromatic carbocycles. The van der Waals surface area contributed by atoms with Crippen LogP contribution in [-0.4, -0.2) is 11.5 Å². The zero-order chi connectivity index (χ0) is 43.5. The number of benzene rings is 11. The van der Waals surface area contributed by atoms with Gasteiger partial charge in [0, 0.05) is 38.6 Å². The fourth-order valence-corrected chi connectivity index (χ4v) is 11.0. The highest BCUT2D eigenvalue weighted by Gasteiger charge is 2.34. The third kappa shape index (κ3) is 5.64. The van der Waals surface area contributed by atoms with Crippen molar-refractivity contribution in [3.63, 3.8) is 0 Å². The van der Waals surface area contributed by atoms with Gasteiger partial charge in [-0.1, -0.05) is 140 Å². The van der Waals surface area contributed by atoms with E-state index in [2.05, 4.69) is 189 Å². The molecule has 0 spiro atoms. The molecule has 0 fully saturated rings. The molecule has 4 nitrogen and oxygen atoms in total. The van der Waals surface area contributed by atoms with Crippen molar-refractivity contribution in [1.29, 1.82) is 0 Å². The highest BCUT2D eigenvalue weighted by Crippen LogP contribution is 2.45. The minimum absolute atomic E-state index is 0.00491. The summed E-state index contributed by atoms with van der Waals surface area (Å²) in [6.07, 6.45) is 0.847. The highest BCUT2D eigenvalue weighted by molar-refractivity contribution is 6.25. The third-order valence-electron chi connectivity index (χ3n) is 14.2. The number of furan rings is 2. The Morgan fingerprint density at radius 2 is 0.939 bits per heavy atom. The Balaban J connectivity index is 1.10. The van der Waals surface area contributed by atoms with E-state index in [-0.39, 0.29) is 12.0 Å². The summed E-state index contributed by atoms with van der Waals surface area (Å²) in [6, 6.07) is 72.1. The number of fused-ring (bicyclic) bond motifs is 12. The average molecular weight is 845 g/mol. The second kappa shape index (κ2) is 14.3. The fourth-order valence-electron chi connectivity index (χ4n) is 11.0. The van der Waals surface area contributed by atoms with Gasteiger partial charge >= 0.3 is 0 Å². The van der Waals surface area contributed by atoms with Crippen LogP contribution in [0.15, 0.2) is 219 Å². The van der Waals surface area contributed by atoms with Crippen LogP contribution in [0.1, 0.15) is 36.1 Å². The van der Waals surface area contributed by atoms with E-state index in [1.54, 1.807) is 0 Å². The van der Waals surface area contributed by atoms with E-state index < -0.39 is 0 Å². The molecule has 13 aromatic rings. The molecule has 0 aliphatic carbocycles. The van der Waals surface area contributed by atoms with Crippen molar-refractivity contribution in [2.24, 2.45) is 15.9 Å². The highest BCUT2D eigenvalue weighted by atomic mass is 16.3. The van der Waals surface area contributed by atoms with Crippen molar-refractivity contribution < 1.29 is 8.83 Å². The monoisotopic (exact) mass is 844 g/mol. The quantitative estimate of drug-likeness (QED) is 0.128. The summed E-state index contributed by atoms with van der Waals surface area (Å²) >= 11 is 0. The summed E-state index contributed by atoms with van der Waals surface area (Å²) in [6.45, 7) is 2.27. The first-order valence-electron chi connectivity index (χ1n) is 22.9. The van der Waals surface area contributed by atoms with Crippen LogP contribution in [0.4, 0.5) is 0 Å². The molecule has 4 heteroatoms. The number of aliphatic imine (C=N–C) groups is 2. The van der Waals surface area contributed by atoms with Crippen molar-refractivity contribution in [3.8, 4) is 11.1 Å². The molecule has 1 aliphatic heterocycles. The molecule has 2 unspecified atom stereocenters. The number of amidine groups is 1. The first kappa shape index (κ1) is 37.1. The summed E-state index contributed by atoms with van der Waals surface area (Å²) in [7, 11) is 0. The number of nitrogens with zero attached hydrogens (tertiary/aromatic N) is 2. The lowest BCUT2D eigenvalue weighted by Crippen LogP contribution is -2.28. The van der Waals surface area contributed by atoms with E-state index in [1.807, 2.05) is 18.2 Å². The first-order chi connectivity index (χ1) is 32.6. The first-order valence-corrected chi connectivity index (χ1v) is 22.9. The van der Waals surface area contributed by atoms with E-state index in [1.165, 1.54) is 53.9 Å². The number of hydrogen-bond acceptors (Lipinski definition) is 4. The third-order valence-corrected chi connectivity index (χ3v) is 14.2. The summed E-state index contributed by atoms with van der Waals surface area (Å²) in [5, 5.41) is 16.4. The minimum Gasteiger partial charge on any atom is -0.456 e. The number of para-hydroxylation sites is 2. The van der Waals surface area contributed by atoms with Crippen LogP contribution >= 0.6 is 0 Å². The molecule has 66 heavy (non-hydrogen) atoms. The molecule has 14 rings (SSSR count). The molecule has 0 N–H and O–H groups in total. The summed E-state index contributed by atoms with van der Waals surface area (Å²) in [5.74, 6) is 0.685. The molecule has 3 heterocycles. The molecule has 310 valence electrons. The Kier molecular flexibility index (Phi) is 8.05. The Bertz CT molecular complexity index is 4240. The van der Waals surface area contributed by atoms with E-state index >= 15 is 0 Å². The molecule has 0 saturated heterocycles. The zero-order valence-electron chi connectivity index (χ0n) is 36.1. The van der Waals surface area contributed by atoms with Crippen LogP contribution in [0.3, 0.4) is 0 Å². The molecule has 2 aromatic heterocycles. The maximum atomic E-state index is 6.73. The van der Waals surface area contributed by atoms with Crippen molar-refractivity contribution in [1.82, 2.24) is 0 Å². The van der Waals surface area contributed by atoms with Crippen LogP contribution in [0, 0.1) is 5.92 Å². The number of rotatable bonds is 5. The van der Waals surface area contributed by atoms with Gasteiger partial charge in [-0.05, 0) is 144 Å². The Labute approximate surface area is 379 Å². The summed E-state index contributed by atoms with van der Waals surface area (Å²) in [5.41, 5.74) is 9.85. The summed E-state index contributed by atoms with van der Waals surface area (Å²) in [4.78, 5) is 11.6. The van der Waals surface area contributed by atoms with Gasteiger partial charge in [-0.2, -0.15) is 0 Å². The van der Waals surface area contributed by atoms with Gasteiger partial charge in [0.25, 0.3) is 0 Å². The standard InChI is InChI=1S/C62H40N2O2/c1-2-43-60(41-26-27-58-53(32-41)45-21-9-11-24-56(45)65-58)63-62(64-61(43)47-23-13-19-36-14-7-8-20-44(36)47)55-35-59-54(46-22-10-12-25-57(46)66-59)34-52(55)51-33-42-28-37-15-3-4-16-38(37)29-48(42)49-30-39-17-5-6-18-40(39)31-50(49)51/h3-35,43,60H,2H2,1H3. The predicted octanol–water partition coefficient (Wildman–Crippen LogP) is 16.9. The lowest BCUT2D eigenvalue weighted by Gasteiger charge is -2.31. The lowest BCUT2D eigenvalue weighted by atomic mass is 9.81. The topological polar surface area (TPSA) is 51.0 Å². The van der Waals surface area contributed by atoms with Crippen LogP contribution in [0.25, 0.3) is 109 Å². The molecule has 0 saturated carbocycles. The normalized spacial score (nSPS) is 15.6. The van der Waals surface area contributed by atoms with Crippen molar-refractivity contribution in [2.75, 3.05) is 0 Å². The number of hydrogen-bond donors (Lipinski definition) is 0. The van der Waals surface area contributed by atoms with Crippen LogP contribution in [0.2, 0.25) is 0 Å². The Morgan fingerprint density at radius 1 is 0.364 bits per heavy atom. The van der Waals surface area contributed by atoms with E-state index in [9.17, 15) is 0 Å². The average Bonchev–Trinajstić information content (AvgIpc) is 3.94. The lowest BCUT2D eigenvalue weighted by molar-refractivity contribution is 0.533. The molecule has 2 atom stereocenters. The van der Waals surface area contributed by atoms with Crippen molar-refractivity contribution >= 4 is 109 Å². The van der Waals surface area contributed by atoms with Crippen molar-refractivity contribution in [3.05, 3.63) is 217 Å². The zero-order valence-corrected chi connectivity index (χ0v) is 36.1. The second-order valence-electron chi connectivity index (χ2n) is 17.9. The molecule has 0 radical (unpaired) electrons. The van der Waals surface area contributed by atoms with Gasteiger partial charge in [0.05, 0.1) is 11.8 Å². The Hall–Kier alpha value is -8.34. The van der Waals surface area contributed by atoms with Gasteiger partial charge in [-0.25, -0.2) is 4.99 Å². The van der Waals surface area contributed by atoms with E-state index in [4.69, 9.17) is 18.8 Å². The minimum atomic E-state index is -0.239. The van der Waals surface area contributed by atoms with Crippen LogP contribution in [0.5, 0.6) is 0 Å². The maximum absolute atomic E-state index is 6.73. The molecule has 0 amide bonds. The summed E-state index contributed by atoms with van der Waals surface area (Å²) < 4.78 is 13.1. The second-order valence-corrected chi connectivity index (χ2v) is 17.9. The van der Waals surface area contributed by atoms with Gasteiger partial charge < -0.3 is 8.83 Å². The Morgan fingerprint density at radius 3 is 1.67 bits per heavy atom. The molecular weight excluding hydrogens is 805 g/mol. The van der Waals surface area contributed by atoms with Gasteiger partial charge in [-0.15, -0.1) is 0 Å². The fraction of sp³-hybridized carbons (Fsp3) is 0.0645. The van der Waals surface area contributed by atoms with Gasteiger partial charge in [-0.3, -0.25) is 4.99 Å².